The van der Waals surface area contributed by atoms with Crippen LogP contribution in [0.25, 0.3) is 0 Å². The van der Waals surface area contributed by atoms with Crippen molar-refractivity contribution in [3.63, 3.8) is 0 Å². The van der Waals surface area contributed by atoms with Crippen molar-refractivity contribution in [2.75, 3.05) is 12.4 Å². The molecule has 7 nitrogen and oxygen atoms in total. The summed E-state index contributed by atoms with van der Waals surface area (Å²) < 4.78 is 10.9. The van der Waals surface area contributed by atoms with E-state index in [1.165, 1.54) is 25.4 Å². The van der Waals surface area contributed by atoms with Gasteiger partial charge in [-0.1, -0.05) is 6.92 Å². The molecule has 0 fully saturated rings. The zero-order valence-corrected chi connectivity index (χ0v) is 17.8. The standard InChI is InChI=1S/C19H28N2O5S/c1-8-19(6,16(24)25-7)15(23)21-14-11(13(20)22)10-9-17(2,3)26-18(4,5)12(10)27-14/h8-9H2,1-7H3,(H2,20,22)(H,21,23). The van der Waals surface area contributed by atoms with Crippen LogP contribution < -0.4 is 11.1 Å². The summed E-state index contributed by atoms with van der Waals surface area (Å²) in [6, 6.07) is 0. The molecule has 0 aliphatic carbocycles. The maximum absolute atomic E-state index is 12.9. The van der Waals surface area contributed by atoms with E-state index >= 15 is 0 Å². The van der Waals surface area contributed by atoms with Gasteiger partial charge in [-0.2, -0.15) is 0 Å². The number of rotatable bonds is 5. The monoisotopic (exact) mass is 396 g/mol. The molecule has 0 spiro atoms. The van der Waals surface area contributed by atoms with Gasteiger partial charge < -0.3 is 20.5 Å². The van der Waals surface area contributed by atoms with Crippen molar-refractivity contribution in [3.8, 4) is 0 Å². The molecule has 1 aromatic heterocycles. The molecule has 0 bridgehead atoms. The molecule has 0 saturated carbocycles. The normalized spacial score (nSPS) is 19.5. The number of hydrogen-bond acceptors (Lipinski definition) is 6. The molecule has 1 unspecified atom stereocenters. The van der Waals surface area contributed by atoms with Crippen LogP contribution in [0.1, 0.15) is 68.8 Å². The fourth-order valence-electron chi connectivity index (χ4n) is 3.53. The molecule has 0 saturated heterocycles. The highest BCUT2D eigenvalue weighted by molar-refractivity contribution is 7.17. The molecule has 27 heavy (non-hydrogen) atoms. The molecular weight excluding hydrogens is 368 g/mol. The first kappa shape index (κ1) is 21.4. The van der Waals surface area contributed by atoms with Gasteiger partial charge in [0.25, 0.3) is 5.91 Å². The van der Waals surface area contributed by atoms with Crippen LogP contribution in [-0.2, 0) is 31.1 Å². The van der Waals surface area contributed by atoms with E-state index in [0.29, 0.717) is 11.4 Å². The predicted octanol–water partition coefficient (Wildman–Crippen LogP) is 2.96. The third-order valence-corrected chi connectivity index (χ3v) is 6.46. The van der Waals surface area contributed by atoms with Crippen molar-refractivity contribution < 1.29 is 23.9 Å². The van der Waals surface area contributed by atoms with Gasteiger partial charge in [0.05, 0.1) is 23.9 Å². The fourth-order valence-corrected chi connectivity index (χ4v) is 4.79. The van der Waals surface area contributed by atoms with Crippen LogP contribution in [0.2, 0.25) is 0 Å². The molecule has 1 aromatic rings. The molecule has 1 aliphatic rings. The number of primary amides is 1. The van der Waals surface area contributed by atoms with Gasteiger partial charge in [-0.15, -0.1) is 11.3 Å². The van der Waals surface area contributed by atoms with E-state index in [1.807, 2.05) is 27.7 Å². The lowest BCUT2D eigenvalue weighted by Crippen LogP contribution is -2.42. The Hall–Kier alpha value is -1.93. The summed E-state index contributed by atoms with van der Waals surface area (Å²) in [5, 5.41) is 3.09. The number of carbonyl (C=O) groups excluding carboxylic acids is 3. The Labute approximate surface area is 163 Å². The number of esters is 1. The number of fused-ring (bicyclic) bond motifs is 1. The zero-order chi connectivity index (χ0) is 20.8. The van der Waals surface area contributed by atoms with Crippen LogP contribution in [-0.4, -0.2) is 30.5 Å². The Balaban J connectivity index is 2.54. The Morgan fingerprint density at radius 3 is 2.37 bits per heavy atom. The highest BCUT2D eigenvalue weighted by Gasteiger charge is 2.45. The van der Waals surface area contributed by atoms with Gasteiger partial charge in [0, 0.05) is 11.3 Å². The van der Waals surface area contributed by atoms with Crippen LogP contribution in [0, 0.1) is 5.41 Å². The maximum Gasteiger partial charge on any atom is 0.321 e. The quantitative estimate of drug-likeness (QED) is 0.588. The third-order valence-electron chi connectivity index (χ3n) is 5.01. The number of amides is 2. The molecule has 0 aromatic carbocycles. The SMILES string of the molecule is CCC(C)(C(=O)Nc1sc2c(c1C(N)=O)CC(C)(C)OC2(C)C)C(=O)OC. The lowest BCUT2D eigenvalue weighted by Gasteiger charge is -2.41. The van der Waals surface area contributed by atoms with Crippen molar-refractivity contribution in [3.05, 3.63) is 16.0 Å². The first-order valence-corrected chi connectivity index (χ1v) is 9.66. The van der Waals surface area contributed by atoms with E-state index in [9.17, 15) is 14.4 Å². The molecule has 3 N–H and O–H groups in total. The molecule has 2 heterocycles. The fraction of sp³-hybridized carbons (Fsp3) is 0.632. The summed E-state index contributed by atoms with van der Waals surface area (Å²) in [6.07, 6.45) is 0.753. The Kier molecular flexibility index (Phi) is 5.47. The van der Waals surface area contributed by atoms with Crippen molar-refractivity contribution in [1.29, 1.82) is 0 Å². The number of anilines is 1. The number of hydrogen-bond donors (Lipinski definition) is 2. The highest BCUT2D eigenvalue weighted by Crippen LogP contribution is 2.48. The Morgan fingerprint density at radius 1 is 1.30 bits per heavy atom. The van der Waals surface area contributed by atoms with Crippen molar-refractivity contribution >= 4 is 34.1 Å². The predicted molar refractivity (Wildman–Crippen MR) is 104 cm³/mol. The first-order chi connectivity index (χ1) is 12.3. The van der Waals surface area contributed by atoms with E-state index in [4.69, 9.17) is 15.2 Å². The minimum Gasteiger partial charge on any atom is -0.468 e. The van der Waals surface area contributed by atoms with E-state index in [1.54, 1.807) is 6.92 Å². The van der Waals surface area contributed by atoms with E-state index in [2.05, 4.69) is 5.32 Å². The zero-order valence-electron chi connectivity index (χ0n) is 16.9. The van der Waals surface area contributed by atoms with Crippen LogP contribution >= 0.6 is 11.3 Å². The lowest BCUT2D eigenvalue weighted by molar-refractivity contribution is -0.156. The topological polar surface area (TPSA) is 108 Å². The maximum atomic E-state index is 12.9. The van der Waals surface area contributed by atoms with Crippen LogP contribution in [0.5, 0.6) is 0 Å². The van der Waals surface area contributed by atoms with E-state index in [0.717, 1.165) is 10.4 Å². The summed E-state index contributed by atoms with van der Waals surface area (Å²) in [6.45, 7) is 11.0. The summed E-state index contributed by atoms with van der Waals surface area (Å²) in [7, 11) is 1.24. The number of nitrogens with one attached hydrogen (secondary N) is 1. The highest BCUT2D eigenvalue weighted by atomic mass is 32.1. The lowest BCUT2D eigenvalue weighted by atomic mass is 9.85. The summed E-state index contributed by atoms with van der Waals surface area (Å²) in [4.78, 5) is 38.0. The Bertz CT molecular complexity index is 796. The van der Waals surface area contributed by atoms with E-state index in [-0.39, 0.29) is 12.0 Å². The van der Waals surface area contributed by atoms with Gasteiger partial charge in [-0.05, 0) is 46.6 Å². The number of methoxy groups -OCH3 is 1. The van der Waals surface area contributed by atoms with Crippen molar-refractivity contribution in [1.82, 2.24) is 0 Å². The second-order valence-corrected chi connectivity index (χ2v) is 9.18. The molecular formula is C19H28N2O5S. The summed E-state index contributed by atoms with van der Waals surface area (Å²) >= 11 is 1.26. The minimum absolute atomic E-state index is 0.254. The second kappa shape index (κ2) is 6.91. The molecule has 150 valence electrons. The van der Waals surface area contributed by atoms with Crippen LogP contribution in [0.15, 0.2) is 0 Å². The molecule has 2 rings (SSSR count). The third kappa shape index (κ3) is 3.73. The average Bonchev–Trinajstić information content (AvgIpc) is 2.89. The van der Waals surface area contributed by atoms with E-state index < -0.39 is 34.4 Å². The van der Waals surface area contributed by atoms with Crippen molar-refractivity contribution in [2.45, 2.75) is 65.6 Å². The van der Waals surface area contributed by atoms with Gasteiger partial charge in [-0.3, -0.25) is 14.4 Å². The number of ether oxygens (including phenoxy) is 2. The van der Waals surface area contributed by atoms with Gasteiger partial charge in [0.15, 0.2) is 0 Å². The largest absolute Gasteiger partial charge is 0.468 e. The minimum atomic E-state index is -1.36. The van der Waals surface area contributed by atoms with Gasteiger partial charge in [0.2, 0.25) is 5.91 Å². The first-order valence-electron chi connectivity index (χ1n) is 8.85. The number of thiophene rings is 1. The smallest absolute Gasteiger partial charge is 0.321 e. The molecule has 1 atom stereocenters. The molecule has 0 radical (unpaired) electrons. The number of nitrogens with two attached hydrogens (primary N) is 1. The van der Waals surface area contributed by atoms with Gasteiger partial charge >= 0.3 is 5.97 Å². The molecule has 8 heteroatoms. The number of carbonyl (C=O) groups is 3. The van der Waals surface area contributed by atoms with Gasteiger partial charge in [0.1, 0.15) is 10.4 Å². The van der Waals surface area contributed by atoms with Crippen LogP contribution in [0.4, 0.5) is 5.00 Å². The average molecular weight is 397 g/mol. The van der Waals surface area contributed by atoms with Gasteiger partial charge in [-0.25, -0.2) is 0 Å². The van der Waals surface area contributed by atoms with Crippen molar-refractivity contribution in [2.24, 2.45) is 11.1 Å². The molecule has 1 aliphatic heterocycles. The Morgan fingerprint density at radius 2 is 1.89 bits per heavy atom. The molecule has 2 amide bonds. The summed E-state index contributed by atoms with van der Waals surface area (Å²) in [5.74, 6) is -1.78. The second-order valence-electron chi connectivity index (χ2n) is 8.16. The van der Waals surface area contributed by atoms with Crippen LogP contribution in [0.3, 0.4) is 0 Å². The summed E-state index contributed by atoms with van der Waals surface area (Å²) in [5.41, 5.74) is 4.25.